The zero-order valence-electron chi connectivity index (χ0n) is 28.6. The number of allylic oxidation sites excluding steroid dienone is 1. The Hall–Kier alpha value is -3.81. The molecule has 2 aliphatic carbocycles. The van der Waals surface area contributed by atoms with Crippen LogP contribution in [0.2, 0.25) is 0 Å². The average molecular weight is 706 g/mol. The van der Waals surface area contributed by atoms with Crippen LogP contribution in [0.5, 0.6) is 11.5 Å². The first-order valence-corrected chi connectivity index (χ1v) is 18.8. The molecule has 50 heavy (non-hydrogen) atoms. The third-order valence-corrected chi connectivity index (χ3v) is 12.4. The summed E-state index contributed by atoms with van der Waals surface area (Å²) < 4.78 is 44.7. The SMILES string of the molecule is C=CCOC12Oc3ccc(O)cc3C3C(CCCCO)C(CCCCO)C=C(C(=NOC)CC1N(C)S(=O)(=O)c1cccc4cccnc14)C32. The molecule has 0 bridgehead atoms. The number of sulfonamides is 1. The van der Waals surface area contributed by atoms with Gasteiger partial charge in [0.2, 0.25) is 15.8 Å². The van der Waals surface area contributed by atoms with Gasteiger partial charge in [-0.2, -0.15) is 4.31 Å². The number of aromatic hydroxyl groups is 1. The van der Waals surface area contributed by atoms with E-state index in [1.165, 1.54) is 11.4 Å². The summed E-state index contributed by atoms with van der Waals surface area (Å²) in [6, 6.07) is 12.8. The first-order valence-electron chi connectivity index (χ1n) is 17.3. The van der Waals surface area contributed by atoms with Crippen molar-refractivity contribution < 1.29 is 38.0 Å². The van der Waals surface area contributed by atoms with E-state index in [4.69, 9.17) is 14.3 Å². The van der Waals surface area contributed by atoms with Crippen LogP contribution in [0.15, 0.2) is 89.1 Å². The number of pyridine rings is 1. The Kier molecular flexibility index (Phi) is 10.9. The molecule has 1 saturated carbocycles. The van der Waals surface area contributed by atoms with Crippen LogP contribution in [-0.2, 0) is 19.6 Å². The highest BCUT2D eigenvalue weighted by molar-refractivity contribution is 7.89. The Morgan fingerprint density at radius 3 is 2.60 bits per heavy atom. The lowest BCUT2D eigenvalue weighted by molar-refractivity contribution is -0.250. The van der Waals surface area contributed by atoms with Gasteiger partial charge in [0.1, 0.15) is 23.5 Å². The van der Waals surface area contributed by atoms with E-state index in [-0.39, 0.29) is 54.6 Å². The van der Waals surface area contributed by atoms with Crippen molar-refractivity contribution in [2.75, 3.05) is 34.0 Å². The van der Waals surface area contributed by atoms with E-state index < -0.39 is 27.8 Å². The largest absolute Gasteiger partial charge is 0.508 e. The normalized spacial score (nSPS) is 26.6. The molecule has 11 nitrogen and oxygen atoms in total. The van der Waals surface area contributed by atoms with Crippen LogP contribution < -0.4 is 4.74 Å². The molecule has 0 spiro atoms. The molecule has 0 amide bonds. The lowest BCUT2D eigenvalue weighted by atomic mass is 9.55. The smallest absolute Gasteiger partial charge is 0.245 e. The fraction of sp³-hybridized carbons (Fsp3) is 0.474. The van der Waals surface area contributed by atoms with Crippen molar-refractivity contribution >= 4 is 26.6 Å². The van der Waals surface area contributed by atoms with Gasteiger partial charge in [-0.05, 0) is 73.4 Å². The van der Waals surface area contributed by atoms with Gasteiger partial charge in [0, 0.05) is 49.7 Å². The van der Waals surface area contributed by atoms with E-state index in [1.807, 2.05) is 12.1 Å². The summed E-state index contributed by atoms with van der Waals surface area (Å²) in [6.45, 7) is 4.16. The molecule has 6 unspecified atom stereocenters. The second kappa shape index (κ2) is 15.2. The number of fused-ring (bicyclic) bond motifs is 3. The number of nitrogens with zero attached hydrogens (tertiary/aromatic N) is 3. The lowest BCUT2D eigenvalue weighted by Crippen LogP contribution is -2.69. The highest BCUT2D eigenvalue weighted by Crippen LogP contribution is 2.62. The number of phenolic OH excluding ortho intramolecular Hbond substituents is 1. The topological polar surface area (TPSA) is 151 Å². The Morgan fingerprint density at radius 2 is 1.86 bits per heavy atom. The minimum absolute atomic E-state index is 0.0110. The third kappa shape index (κ3) is 6.43. The van der Waals surface area contributed by atoms with Crippen molar-refractivity contribution in [3.63, 3.8) is 0 Å². The number of para-hydroxylation sites is 1. The predicted molar refractivity (Wildman–Crippen MR) is 190 cm³/mol. The minimum atomic E-state index is -4.20. The first-order chi connectivity index (χ1) is 24.2. The lowest BCUT2D eigenvalue weighted by Gasteiger charge is -2.59. The molecule has 2 heterocycles. The highest BCUT2D eigenvalue weighted by atomic mass is 32.2. The maximum atomic E-state index is 14.8. The van der Waals surface area contributed by atoms with Gasteiger partial charge < -0.3 is 29.6 Å². The van der Waals surface area contributed by atoms with Gasteiger partial charge >= 0.3 is 0 Å². The first kappa shape index (κ1) is 36.0. The molecule has 1 aromatic heterocycles. The molecular formula is C38H47N3O8S. The van der Waals surface area contributed by atoms with Crippen LogP contribution in [0.25, 0.3) is 10.9 Å². The quantitative estimate of drug-likeness (QED) is 0.105. The molecule has 0 radical (unpaired) electrons. The fourth-order valence-corrected chi connectivity index (χ4v) is 9.96. The second-order valence-corrected chi connectivity index (χ2v) is 15.3. The van der Waals surface area contributed by atoms with Crippen molar-refractivity contribution in [1.29, 1.82) is 0 Å². The molecule has 6 atom stereocenters. The number of oxime groups is 1. The van der Waals surface area contributed by atoms with Crippen LogP contribution in [-0.4, -0.2) is 84.5 Å². The summed E-state index contributed by atoms with van der Waals surface area (Å²) >= 11 is 0. The number of aliphatic hydroxyl groups is 2. The van der Waals surface area contributed by atoms with Crippen molar-refractivity contribution in [3.05, 3.63) is 84.6 Å². The third-order valence-electron chi connectivity index (χ3n) is 10.5. The van der Waals surface area contributed by atoms with Crippen LogP contribution in [0, 0.1) is 17.8 Å². The van der Waals surface area contributed by atoms with Gasteiger partial charge in [-0.1, -0.05) is 48.3 Å². The predicted octanol–water partition coefficient (Wildman–Crippen LogP) is 5.52. The molecular weight excluding hydrogens is 658 g/mol. The number of benzene rings is 2. The monoisotopic (exact) mass is 705 g/mol. The van der Waals surface area contributed by atoms with E-state index in [9.17, 15) is 23.7 Å². The fourth-order valence-electron chi connectivity index (χ4n) is 8.43. The van der Waals surface area contributed by atoms with E-state index >= 15 is 0 Å². The summed E-state index contributed by atoms with van der Waals surface area (Å²) in [5.74, 6) is -1.71. The van der Waals surface area contributed by atoms with Crippen molar-refractivity contribution in [3.8, 4) is 11.5 Å². The van der Waals surface area contributed by atoms with Crippen LogP contribution in [0.4, 0.5) is 0 Å². The van der Waals surface area contributed by atoms with E-state index in [0.717, 1.165) is 36.8 Å². The second-order valence-electron chi connectivity index (χ2n) is 13.3. The Labute approximate surface area is 293 Å². The number of likely N-dealkylation sites (N-methyl/N-ethyl adjacent to an activating group) is 1. The van der Waals surface area contributed by atoms with Crippen molar-refractivity contribution in [2.45, 2.75) is 67.6 Å². The standard InChI is InChI=1S/C38H47N3O8S/c1-4-21-48-38-34(41(2)50(45,46)33-15-9-12-25-13-10-18-39-37(25)33)24-31(40-47-3)29-22-26(11-5-7-19-42)28(14-6-8-20-43)35(36(29)38)30-23-27(44)16-17-32(30)49-38/h4,9-10,12-13,15-18,22-23,26,28,34-36,42-44H,1,5-8,11,14,19-21,24H2,2-3H3. The summed E-state index contributed by atoms with van der Waals surface area (Å²) in [4.78, 5) is 9.93. The van der Waals surface area contributed by atoms with Gasteiger partial charge in [-0.25, -0.2) is 8.42 Å². The number of hydrogen-bond acceptors (Lipinski definition) is 10. The molecule has 268 valence electrons. The number of unbranched alkanes of at least 4 members (excludes halogenated alkanes) is 2. The molecule has 2 aromatic carbocycles. The van der Waals surface area contributed by atoms with Gasteiger partial charge in [0.15, 0.2) is 0 Å². The molecule has 3 aromatic rings. The van der Waals surface area contributed by atoms with Crippen LogP contribution in [0.3, 0.4) is 0 Å². The minimum Gasteiger partial charge on any atom is -0.508 e. The number of rotatable bonds is 15. The van der Waals surface area contributed by atoms with E-state index in [1.54, 1.807) is 55.7 Å². The zero-order valence-corrected chi connectivity index (χ0v) is 29.5. The molecule has 3 aliphatic rings. The van der Waals surface area contributed by atoms with Crippen LogP contribution >= 0.6 is 0 Å². The molecule has 3 N–H and O–H groups in total. The highest BCUT2D eigenvalue weighted by Gasteiger charge is 2.65. The number of aliphatic hydroxyl groups excluding tert-OH is 2. The van der Waals surface area contributed by atoms with Gasteiger partial charge in [-0.15, -0.1) is 6.58 Å². The van der Waals surface area contributed by atoms with Gasteiger partial charge in [-0.3, -0.25) is 4.98 Å². The summed E-state index contributed by atoms with van der Waals surface area (Å²) in [7, 11) is -1.18. The Balaban J connectivity index is 1.59. The Morgan fingerprint density at radius 1 is 1.10 bits per heavy atom. The number of phenols is 1. The van der Waals surface area contributed by atoms with E-state index in [0.29, 0.717) is 35.2 Å². The zero-order chi connectivity index (χ0) is 35.5. The molecule has 1 fully saturated rings. The molecule has 1 aliphatic heterocycles. The number of hydrogen-bond donors (Lipinski definition) is 3. The van der Waals surface area contributed by atoms with Crippen molar-refractivity contribution in [1.82, 2.24) is 9.29 Å². The summed E-state index contributed by atoms with van der Waals surface area (Å²) in [5.41, 5.74) is 2.62. The number of aromatic nitrogens is 1. The molecule has 12 heteroatoms. The molecule has 0 saturated heterocycles. The Bertz CT molecular complexity index is 1860. The van der Waals surface area contributed by atoms with E-state index in [2.05, 4.69) is 22.8 Å². The van der Waals surface area contributed by atoms with Gasteiger partial charge in [0.25, 0.3) is 0 Å². The number of ether oxygens (including phenoxy) is 2. The van der Waals surface area contributed by atoms with Crippen molar-refractivity contribution in [2.24, 2.45) is 22.9 Å². The molecule has 6 rings (SSSR count). The van der Waals surface area contributed by atoms with Gasteiger partial charge in [0.05, 0.1) is 29.8 Å². The summed E-state index contributed by atoms with van der Waals surface area (Å²) in [6.07, 6.45) is 9.99. The maximum absolute atomic E-state index is 14.8. The van der Waals surface area contributed by atoms with Crippen LogP contribution in [0.1, 0.15) is 56.4 Å². The average Bonchev–Trinajstić information content (AvgIpc) is 3.12. The maximum Gasteiger partial charge on any atom is 0.245 e. The summed E-state index contributed by atoms with van der Waals surface area (Å²) in [5, 5.41) is 35.4.